The van der Waals surface area contributed by atoms with Gasteiger partial charge in [-0.25, -0.2) is 4.79 Å². The number of rotatable bonds is 7. The highest BCUT2D eigenvalue weighted by atomic mass is 35.5. The maximum atomic E-state index is 12.8. The first-order chi connectivity index (χ1) is 13.8. The number of nitrogens with one attached hydrogen (secondary N) is 1. The first-order valence-electron chi connectivity index (χ1n) is 10.1. The van der Waals surface area contributed by atoms with Crippen LogP contribution in [0.5, 0.6) is 0 Å². The quantitative estimate of drug-likeness (QED) is 0.536. The van der Waals surface area contributed by atoms with Gasteiger partial charge in [-0.05, 0) is 69.2 Å². The Kier molecular flexibility index (Phi) is 8.55. The average Bonchev–Trinajstić information content (AvgIpc) is 2.70. The fourth-order valence-electron chi connectivity index (χ4n) is 3.80. The van der Waals surface area contributed by atoms with E-state index in [1.54, 1.807) is 13.0 Å². The Hall–Kier alpha value is -2.03. The predicted octanol–water partition coefficient (Wildman–Crippen LogP) is 3.96. The Balaban J connectivity index is 2.12. The van der Waals surface area contributed by atoms with Crippen LogP contribution in [0.2, 0.25) is 5.02 Å². The normalized spacial score (nSPS) is 21.1. The van der Waals surface area contributed by atoms with Crippen molar-refractivity contribution in [2.75, 3.05) is 13.7 Å². The molecule has 0 unspecified atom stereocenters. The summed E-state index contributed by atoms with van der Waals surface area (Å²) in [6.45, 7) is 6.44. The van der Waals surface area contributed by atoms with Crippen LogP contribution in [0, 0.1) is 18.8 Å². The molecule has 0 heterocycles. The van der Waals surface area contributed by atoms with E-state index in [9.17, 15) is 9.59 Å². The highest BCUT2D eigenvalue weighted by Gasteiger charge is 2.44. The van der Waals surface area contributed by atoms with Crippen LogP contribution >= 0.6 is 11.6 Å². The molecule has 5 nitrogen and oxygen atoms in total. The fraction of sp³-hybridized carbons (Fsp3) is 0.565. The zero-order chi connectivity index (χ0) is 21.4. The molecule has 1 saturated carbocycles. The number of carbonyl (C=O) groups is 2. The van der Waals surface area contributed by atoms with Gasteiger partial charge in [-0.3, -0.25) is 4.79 Å². The Morgan fingerprint density at radius 3 is 2.55 bits per heavy atom. The molecule has 1 aromatic carbocycles. The van der Waals surface area contributed by atoms with Crippen LogP contribution in [0.25, 0.3) is 0 Å². The third-order valence-electron chi connectivity index (χ3n) is 5.32. The second-order valence-electron chi connectivity index (χ2n) is 7.50. The fourth-order valence-corrected chi connectivity index (χ4v) is 4.13. The molecule has 0 spiro atoms. The molecule has 29 heavy (non-hydrogen) atoms. The van der Waals surface area contributed by atoms with Gasteiger partial charge < -0.3 is 14.8 Å². The van der Waals surface area contributed by atoms with E-state index in [1.807, 2.05) is 13.0 Å². The molecule has 1 amide bonds. The van der Waals surface area contributed by atoms with Crippen LogP contribution < -0.4 is 5.32 Å². The zero-order valence-corrected chi connectivity index (χ0v) is 18.4. The van der Waals surface area contributed by atoms with E-state index in [-0.39, 0.29) is 18.4 Å². The monoisotopic (exact) mass is 419 g/mol. The number of halogens is 1. The molecular weight excluding hydrogens is 390 g/mol. The smallest absolute Gasteiger partial charge is 0.331 e. The van der Waals surface area contributed by atoms with Crippen molar-refractivity contribution in [3.63, 3.8) is 0 Å². The standard InChI is InChI=1S/C23H30ClNO4/c1-5-7-17-13-16(3)19(20(24)14-17)15-21(26)25-23(22(27)28-4)10-8-18(9-11-23)29-12-6-2/h13-14,18H,6,8-12,15H2,1-4H3,(H,25,26). The average molecular weight is 420 g/mol. The molecule has 0 radical (unpaired) electrons. The lowest BCUT2D eigenvalue weighted by Crippen LogP contribution is -2.57. The van der Waals surface area contributed by atoms with E-state index in [1.165, 1.54) is 7.11 Å². The summed E-state index contributed by atoms with van der Waals surface area (Å²) in [5.41, 5.74) is 1.45. The van der Waals surface area contributed by atoms with E-state index < -0.39 is 11.5 Å². The van der Waals surface area contributed by atoms with Gasteiger partial charge in [0.1, 0.15) is 5.54 Å². The van der Waals surface area contributed by atoms with Crippen LogP contribution in [-0.4, -0.2) is 37.2 Å². The summed E-state index contributed by atoms with van der Waals surface area (Å²) in [6.07, 6.45) is 3.58. The summed E-state index contributed by atoms with van der Waals surface area (Å²) < 4.78 is 10.8. The third-order valence-corrected chi connectivity index (χ3v) is 5.66. The van der Waals surface area contributed by atoms with Crippen molar-refractivity contribution >= 4 is 23.5 Å². The molecule has 158 valence electrons. The zero-order valence-electron chi connectivity index (χ0n) is 17.7. The highest BCUT2D eigenvalue weighted by molar-refractivity contribution is 6.31. The number of hydrogen-bond donors (Lipinski definition) is 1. The van der Waals surface area contributed by atoms with Crippen molar-refractivity contribution in [2.24, 2.45) is 0 Å². The van der Waals surface area contributed by atoms with Crippen molar-refractivity contribution in [1.82, 2.24) is 5.32 Å². The second-order valence-corrected chi connectivity index (χ2v) is 7.90. The van der Waals surface area contributed by atoms with Gasteiger partial charge in [0.2, 0.25) is 5.91 Å². The lowest BCUT2D eigenvalue weighted by atomic mass is 9.80. The van der Waals surface area contributed by atoms with E-state index in [0.717, 1.165) is 23.1 Å². The first kappa shape index (κ1) is 23.3. The summed E-state index contributed by atoms with van der Waals surface area (Å²) in [5.74, 6) is 5.16. The van der Waals surface area contributed by atoms with Gasteiger partial charge in [0.05, 0.1) is 19.6 Å². The summed E-state index contributed by atoms with van der Waals surface area (Å²) >= 11 is 6.39. The van der Waals surface area contributed by atoms with Crippen LogP contribution in [0.15, 0.2) is 12.1 Å². The number of esters is 1. The number of amides is 1. The molecule has 0 atom stereocenters. The van der Waals surface area contributed by atoms with Crippen molar-refractivity contribution < 1.29 is 19.1 Å². The number of ether oxygens (including phenoxy) is 2. The number of hydrogen-bond acceptors (Lipinski definition) is 4. The molecule has 0 saturated heterocycles. The topological polar surface area (TPSA) is 64.6 Å². The van der Waals surface area contributed by atoms with Gasteiger partial charge in [-0.2, -0.15) is 0 Å². The molecule has 1 fully saturated rings. The molecule has 6 heteroatoms. The largest absolute Gasteiger partial charge is 0.467 e. The Morgan fingerprint density at radius 1 is 1.31 bits per heavy atom. The summed E-state index contributed by atoms with van der Waals surface area (Å²) in [6, 6.07) is 3.68. The molecule has 0 aliphatic heterocycles. The summed E-state index contributed by atoms with van der Waals surface area (Å²) in [5, 5.41) is 3.45. The van der Waals surface area contributed by atoms with Gasteiger partial charge in [0.15, 0.2) is 0 Å². The Morgan fingerprint density at radius 2 is 2.00 bits per heavy atom. The number of methoxy groups -OCH3 is 1. The van der Waals surface area contributed by atoms with Gasteiger partial charge in [-0.15, -0.1) is 5.92 Å². The molecule has 1 aromatic rings. The first-order valence-corrected chi connectivity index (χ1v) is 10.5. The molecule has 0 aromatic heterocycles. The van der Waals surface area contributed by atoms with Crippen LogP contribution in [0.3, 0.4) is 0 Å². The van der Waals surface area contributed by atoms with E-state index in [2.05, 4.69) is 24.1 Å². The van der Waals surface area contributed by atoms with E-state index >= 15 is 0 Å². The van der Waals surface area contributed by atoms with Crippen molar-refractivity contribution in [2.45, 2.75) is 70.9 Å². The number of benzene rings is 1. The molecule has 1 aliphatic carbocycles. The minimum absolute atomic E-state index is 0.0962. The Labute approximate surface area is 178 Å². The van der Waals surface area contributed by atoms with Gasteiger partial charge in [0, 0.05) is 17.2 Å². The van der Waals surface area contributed by atoms with Crippen LogP contribution in [0.4, 0.5) is 0 Å². The molecule has 1 aliphatic rings. The summed E-state index contributed by atoms with van der Waals surface area (Å²) in [4.78, 5) is 25.4. The lowest BCUT2D eigenvalue weighted by Gasteiger charge is -2.38. The van der Waals surface area contributed by atoms with E-state index in [0.29, 0.717) is 37.3 Å². The van der Waals surface area contributed by atoms with Crippen molar-refractivity contribution in [3.8, 4) is 11.8 Å². The predicted molar refractivity (Wildman–Crippen MR) is 114 cm³/mol. The summed E-state index contributed by atoms with van der Waals surface area (Å²) in [7, 11) is 1.35. The number of carbonyl (C=O) groups excluding carboxylic acids is 2. The third kappa shape index (κ3) is 5.98. The van der Waals surface area contributed by atoms with Crippen molar-refractivity contribution in [3.05, 3.63) is 33.8 Å². The maximum absolute atomic E-state index is 12.8. The molecular formula is C23H30ClNO4. The van der Waals surface area contributed by atoms with Crippen molar-refractivity contribution in [1.29, 1.82) is 0 Å². The van der Waals surface area contributed by atoms with E-state index in [4.69, 9.17) is 21.1 Å². The van der Waals surface area contributed by atoms with Crippen LogP contribution in [0.1, 0.15) is 62.6 Å². The molecule has 1 N–H and O–H groups in total. The van der Waals surface area contributed by atoms with Gasteiger partial charge in [0.25, 0.3) is 0 Å². The number of aryl methyl sites for hydroxylation is 1. The van der Waals surface area contributed by atoms with Gasteiger partial charge >= 0.3 is 5.97 Å². The SMILES string of the molecule is CC#Cc1cc(C)c(CC(=O)NC2(C(=O)OC)CCC(OCCC)CC2)c(Cl)c1. The molecule has 2 rings (SSSR count). The highest BCUT2D eigenvalue weighted by Crippen LogP contribution is 2.32. The Bertz CT molecular complexity index is 778. The minimum Gasteiger partial charge on any atom is -0.467 e. The minimum atomic E-state index is -1.01. The molecule has 0 bridgehead atoms. The second kappa shape index (κ2) is 10.7. The van der Waals surface area contributed by atoms with Gasteiger partial charge in [-0.1, -0.05) is 24.4 Å². The lowest BCUT2D eigenvalue weighted by molar-refractivity contribution is -0.154. The van der Waals surface area contributed by atoms with Crippen LogP contribution in [-0.2, 0) is 25.5 Å². The maximum Gasteiger partial charge on any atom is 0.331 e.